The molecule has 0 saturated heterocycles. The van der Waals surface area contributed by atoms with Crippen molar-refractivity contribution in [3.63, 3.8) is 0 Å². The van der Waals surface area contributed by atoms with Gasteiger partial charge in [-0.3, -0.25) is 13.6 Å². The molecular weight excluding hydrogens is 230 g/mol. The van der Waals surface area contributed by atoms with Crippen LogP contribution in [0.25, 0.3) is 0 Å². The van der Waals surface area contributed by atoms with Gasteiger partial charge in [0.2, 0.25) is 0 Å². The Hall–Kier alpha value is -0.171. The molecule has 0 rings (SSSR count). The maximum Gasteiger partial charge on any atom is 0.0319 e. The number of rotatable bonds is 0. The molecule has 7 N–H and O–H groups in total. The van der Waals surface area contributed by atoms with Gasteiger partial charge in [0.05, 0.1) is 0 Å². The van der Waals surface area contributed by atoms with Crippen molar-refractivity contribution in [2.24, 2.45) is 0 Å². The Labute approximate surface area is 72.5 Å². The zero-order valence-electron chi connectivity index (χ0n) is 5.30. The number of aliphatic hydroxyl groups is 1. The van der Waals surface area contributed by atoms with Crippen molar-refractivity contribution in [3.05, 3.63) is 0 Å². The first-order valence-electron chi connectivity index (χ1n) is 0.919. The zero-order chi connectivity index (χ0) is 6.00. The summed E-state index contributed by atoms with van der Waals surface area (Å²) < 4.78 is 0. The Kier molecular flexibility index (Phi) is 178000. The average Bonchev–Trinajstić information content (AvgIpc) is 1.81. The van der Waals surface area contributed by atoms with Crippen molar-refractivity contribution in [2.75, 3.05) is 7.11 Å². The second-order valence-electron chi connectivity index (χ2n) is 0. The van der Waals surface area contributed by atoms with Crippen molar-refractivity contribution in [1.29, 1.82) is 0 Å². The fourth-order valence-corrected chi connectivity index (χ4v) is 0. The summed E-state index contributed by atoms with van der Waals surface area (Å²) in [6.45, 7) is 6.50. The van der Waals surface area contributed by atoms with E-state index in [4.69, 9.17) is 14.7 Å². The molecule has 0 aromatic heterocycles. The van der Waals surface area contributed by atoms with Crippen LogP contribution in [-0.4, -0.2) is 42.2 Å². The van der Waals surface area contributed by atoms with Crippen LogP contribution in [0.1, 0.15) is 0 Å². The van der Waals surface area contributed by atoms with Gasteiger partial charge in [-0.25, -0.2) is 0 Å². The summed E-state index contributed by atoms with van der Waals surface area (Å²) in [5.74, 6) is 0. The van der Waals surface area contributed by atoms with Gasteiger partial charge in [-0.2, -0.15) is 0 Å². The van der Waals surface area contributed by atoms with Crippen molar-refractivity contribution >= 4 is 13.6 Å². The normalized spacial score (nSPS) is 1.40. The first-order chi connectivity index (χ1) is 3.00. The second-order valence-corrected chi connectivity index (χ2v) is 0. The molecule has 0 aliphatic heterocycles. The van der Waals surface area contributed by atoms with Crippen LogP contribution in [0.3, 0.4) is 0 Å². The molecule has 0 amide bonds. The second kappa shape index (κ2) is 18600. The van der Waals surface area contributed by atoms with E-state index < -0.39 is 0 Å². The van der Waals surface area contributed by atoms with E-state index in [0.29, 0.717) is 0 Å². The van der Waals surface area contributed by atoms with Crippen LogP contribution >= 0.6 is 0 Å². The molecule has 0 atom stereocenters. The van der Waals surface area contributed by atoms with Crippen LogP contribution in [0.2, 0.25) is 0 Å². The molecule has 6 nitrogen and oxygen atoms in total. The van der Waals surface area contributed by atoms with Gasteiger partial charge in [0.15, 0.2) is 0 Å². The van der Waals surface area contributed by atoms with E-state index in [2.05, 4.69) is 13.6 Å². The van der Waals surface area contributed by atoms with Crippen LogP contribution in [0, 0.1) is 0 Å². The van der Waals surface area contributed by atoms with Crippen LogP contribution < -0.4 is 0 Å². The van der Waals surface area contributed by atoms with E-state index in [1.165, 1.54) is 0 Å². The quantitative estimate of drug-likeness (QED) is 0.348. The molecular formula is C3H12O6Tc-2. The third-order valence-corrected chi connectivity index (χ3v) is 0. The molecule has 0 aliphatic rings. The molecule has 0 aliphatic carbocycles. The Balaban J connectivity index is -0.00000000225. The summed E-state index contributed by atoms with van der Waals surface area (Å²) >= 11 is 0. The predicted molar refractivity (Wildman–Crippen MR) is 32.5 cm³/mol. The fraction of sp³-hybridized carbons (Fsp3) is 0.333. The number of aliphatic hydroxyl groups excluding tert-OH is 1. The summed E-state index contributed by atoms with van der Waals surface area (Å²) in [7, 11) is 1.00. The van der Waals surface area contributed by atoms with Gasteiger partial charge >= 0.3 is 0 Å². The van der Waals surface area contributed by atoms with Gasteiger partial charge in [-0.1, -0.05) is 0 Å². The molecule has 0 saturated carbocycles. The number of hydrogen-bond acceptors (Lipinski definition) is 3. The first kappa shape index (κ1) is 95.7. The van der Waals surface area contributed by atoms with Crippen LogP contribution in [0.4, 0.5) is 0 Å². The van der Waals surface area contributed by atoms with Gasteiger partial charge in [0, 0.05) is 27.2 Å². The Bertz CT molecular complexity index is 15.0. The number of carbonyl (C=O) groups excluding carboxylic acids is 2. The molecule has 0 heterocycles. The van der Waals surface area contributed by atoms with Crippen molar-refractivity contribution in [3.8, 4) is 0 Å². The van der Waals surface area contributed by atoms with Crippen molar-refractivity contribution in [2.45, 2.75) is 0 Å². The minimum absolute atomic E-state index is 0. The molecule has 0 bridgehead atoms. The average molecular weight is 242 g/mol. The van der Waals surface area contributed by atoms with E-state index in [1.54, 1.807) is 0 Å². The zero-order valence-corrected chi connectivity index (χ0v) is 7.15. The summed E-state index contributed by atoms with van der Waals surface area (Å²) in [4.78, 5) is 15.5. The summed E-state index contributed by atoms with van der Waals surface area (Å²) in [6.07, 6.45) is 0. The van der Waals surface area contributed by atoms with E-state index in [9.17, 15) is 0 Å². The predicted octanol–water partition coefficient (Wildman–Crippen LogP) is -3.42. The SMILES string of the molecule is CO.O.O.O.[CH-]=O.[CH-]=O.[Tc]. The Morgan fingerprint density at radius 3 is 0.800 bits per heavy atom. The van der Waals surface area contributed by atoms with E-state index in [0.717, 1.165) is 7.11 Å². The fourth-order valence-electron chi connectivity index (χ4n) is 0. The largest absolute Gasteiger partial charge is 0.545 e. The molecule has 69 valence electrons. The molecule has 0 aromatic carbocycles. The first-order valence-corrected chi connectivity index (χ1v) is 0.919. The van der Waals surface area contributed by atoms with Gasteiger partial charge in [-0.05, 0) is 0 Å². The Morgan fingerprint density at radius 2 is 0.800 bits per heavy atom. The third-order valence-electron chi connectivity index (χ3n) is 0. The van der Waals surface area contributed by atoms with Crippen LogP contribution in [-0.2, 0) is 29.7 Å². The molecule has 0 aromatic rings. The minimum Gasteiger partial charge on any atom is -0.545 e. The molecule has 1 radical (unpaired) electrons. The summed E-state index contributed by atoms with van der Waals surface area (Å²) in [6, 6.07) is 0. The molecule has 0 fully saturated rings. The van der Waals surface area contributed by atoms with Gasteiger partial charge < -0.3 is 31.1 Å². The van der Waals surface area contributed by atoms with Gasteiger partial charge in [0.25, 0.3) is 0 Å². The van der Waals surface area contributed by atoms with Crippen molar-refractivity contribution in [1.82, 2.24) is 0 Å². The molecule has 7 heteroatoms. The number of hydrogen-bond donors (Lipinski definition) is 1. The van der Waals surface area contributed by atoms with E-state index in [-0.39, 0.29) is 36.5 Å². The topological polar surface area (TPSA) is 149 Å². The summed E-state index contributed by atoms with van der Waals surface area (Å²) in [5, 5.41) is 7.00. The monoisotopic (exact) mass is 241 g/mol. The Morgan fingerprint density at radius 1 is 0.800 bits per heavy atom. The van der Waals surface area contributed by atoms with E-state index in [1.807, 2.05) is 0 Å². The van der Waals surface area contributed by atoms with Crippen molar-refractivity contribution < 1.29 is 51.2 Å². The molecule has 0 spiro atoms. The standard InChI is InChI=1S/CH4O.2CHO.3H2O.Tc/c3*1-2;;;;/h2H,1H3;2*1H;3*1H2;/q;2*-1;;;;. The molecule has 10 heavy (non-hydrogen) atoms. The third kappa shape index (κ3) is 12500. The molecule has 0 unspecified atom stereocenters. The smallest absolute Gasteiger partial charge is 0.0319 e. The maximum atomic E-state index is 7.75. The van der Waals surface area contributed by atoms with Gasteiger partial charge in [-0.15, -0.1) is 0 Å². The van der Waals surface area contributed by atoms with E-state index >= 15 is 0 Å². The van der Waals surface area contributed by atoms with Crippen LogP contribution in [0.15, 0.2) is 0 Å². The maximum absolute atomic E-state index is 7.75. The minimum atomic E-state index is 0. The van der Waals surface area contributed by atoms with Gasteiger partial charge in [0.1, 0.15) is 0 Å². The summed E-state index contributed by atoms with van der Waals surface area (Å²) in [5.41, 5.74) is 0. The van der Waals surface area contributed by atoms with Crippen LogP contribution in [0.5, 0.6) is 0 Å².